The quantitative estimate of drug-likeness (QED) is 0.783. The highest BCUT2D eigenvalue weighted by atomic mass is 32.2. The van der Waals surface area contributed by atoms with Crippen molar-refractivity contribution in [3.63, 3.8) is 0 Å². The number of hydrogen-bond donors (Lipinski definition) is 0. The summed E-state index contributed by atoms with van der Waals surface area (Å²) in [5.41, 5.74) is -1.59. The molecule has 0 aromatic heterocycles. The Morgan fingerprint density at radius 3 is 2.35 bits per heavy atom. The van der Waals surface area contributed by atoms with Gasteiger partial charge < -0.3 is 4.74 Å². The number of amides is 1. The maximum atomic E-state index is 11.9. The minimum absolute atomic E-state index is 0.154. The van der Waals surface area contributed by atoms with Crippen molar-refractivity contribution in [3.8, 4) is 0 Å². The summed E-state index contributed by atoms with van der Waals surface area (Å²) in [4.78, 5) is 22.6. The fourth-order valence-corrected chi connectivity index (χ4v) is 2.99. The number of rotatable bonds is 2. The van der Waals surface area contributed by atoms with Gasteiger partial charge in [-0.1, -0.05) is 18.2 Å². The Hall–Kier alpha value is -1.89. The van der Waals surface area contributed by atoms with Crippen LogP contribution in [0.25, 0.3) is 0 Å². The Labute approximate surface area is 97.8 Å². The summed E-state index contributed by atoms with van der Waals surface area (Å²) in [5, 5.41) is 0. The first kappa shape index (κ1) is 11.6. The van der Waals surface area contributed by atoms with Gasteiger partial charge in [-0.25, -0.2) is 13.2 Å². The third-order valence-corrected chi connectivity index (χ3v) is 4.06. The fourth-order valence-electron chi connectivity index (χ4n) is 1.51. The van der Waals surface area contributed by atoms with E-state index >= 15 is 0 Å². The Morgan fingerprint density at radius 1 is 1.29 bits per heavy atom. The molecule has 1 aromatic carbocycles. The van der Waals surface area contributed by atoms with E-state index in [-0.39, 0.29) is 5.69 Å². The van der Waals surface area contributed by atoms with Gasteiger partial charge >= 0.3 is 6.09 Å². The van der Waals surface area contributed by atoms with Gasteiger partial charge in [-0.2, -0.15) is 4.31 Å². The average Bonchev–Trinajstić information content (AvgIpc) is 2.50. The van der Waals surface area contributed by atoms with Crippen LogP contribution in [0.3, 0.4) is 0 Å². The van der Waals surface area contributed by atoms with E-state index in [9.17, 15) is 18.0 Å². The van der Waals surface area contributed by atoms with E-state index in [1.807, 2.05) is 0 Å². The predicted molar refractivity (Wildman–Crippen MR) is 58.8 cm³/mol. The van der Waals surface area contributed by atoms with Crippen LogP contribution in [0.15, 0.2) is 30.3 Å². The van der Waals surface area contributed by atoms with Crippen molar-refractivity contribution in [2.24, 2.45) is 0 Å². The van der Waals surface area contributed by atoms with Crippen LogP contribution in [-0.2, 0) is 19.6 Å². The van der Waals surface area contributed by atoms with Crippen LogP contribution < -0.4 is 4.31 Å². The topological polar surface area (TPSA) is 80.8 Å². The van der Waals surface area contributed by atoms with Gasteiger partial charge in [0.25, 0.3) is 15.5 Å². The van der Waals surface area contributed by atoms with Crippen LogP contribution in [0, 0.1) is 0 Å². The van der Waals surface area contributed by atoms with Gasteiger partial charge in [0.1, 0.15) is 0 Å². The second-order valence-electron chi connectivity index (χ2n) is 3.47. The number of nitrogens with zero attached hydrogens (tertiary/aromatic N) is 1. The van der Waals surface area contributed by atoms with E-state index in [1.165, 1.54) is 12.1 Å². The number of ketones is 1. The summed E-state index contributed by atoms with van der Waals surface area (Å²) in [6.45, 7) is 1.06. The SMILES string of the molecule is CC(=O)C1OC(=O)N(c2ccccc2)S1(=O)=O. The molecule has 0 saturated carbocycles. The zero-order chi connectivity index (χ0) is 12.6. The van der Waals surface area contributed by atoms with Gasteiger partial charge in [0.2, 0.25) is 0 Å². The van der Waals surface area contributed by atoms with Gasteiger partial charge in [-0.15, -0.1) is 0 Å². The highest BCUT2D eigenvalue weighted by Gasteiger charge is 2.50. The van der Waals surface area contributed by atoms with Crippen molar-refractivity contribution >= 4 is 27.6 Å². The van der Waals surface area contributed by atoms with Gasteiger partial charge in [0.05, 0.1) is 5.69 Å². The Bertz CT molecular complexity index is 566. The third-order valence-electron chi connectivity index (χ3n) is 2.22. The predicted octanol–water partition coefficient (Wildman–Crippen LogP) is 0.888. The van der Waals surface area contributed by atoms with Crippen molar-refractivity contribution in [2.75, 3.05) is 4.31 Å². The van der Waals surface area contributed by atoms with Crippen molar-refractivity contribution in [2.45, 2.75) is 12.4 Å². The average molecular weight is 255 g/mol. The lowest BCUT2D eigenvalue weighted by atomic mass is 10.3. The molecule has 2 rings (SSSR count). The van der Waals surface area contributed by atoms with Crippen molar-refractivity contribution in [3.05, 3.63) is 30.3 Å². The van der Waals surface area contributed by atoms with E-state index in [0.717, 1.165) is 6.92 Å². The summed E-state index contributed by atoms with van der Waals surface area (Å²) in [6, 6.07) is 7.74. The number of hydrogen-bond acceptors (Lipinski definition) is 5. The van der Waals surface area contributed by atoms with Crippen LogP contribution in [0.4, 0.5) is 10.5 Å². The molecule has 1 saturated heterocycles. The molecule has 17 heavy (non-hydrogen) atoms. The summed E-state index contributed by atoms with van der Waals surface area (Å²) in [5.74, 6) is -0.725. The lowest BCUT2D eigenvalue weighted by Gasteiger charge is -2.11. The number of Topliss-reactive ketones (excluding diaryl/α,β-unsaturated/α-hetero) is 1. The van der Waals surface area contributed by atoms with E-state index in [1.54, 1.807) is 18.2 Å². The van der Waals surface area contributed by atoms with Gasteiger partial charge in [-0.3, -0.25) is 4.79 Å². The van der Waals surface area contributed by atoms with Crippen LogP contribution in [-0.4, -0.2) is 25.7 Å². The maximum Gasteiger partial charge on any atom is 0.430 e. The molecule has 6 nitrogen and oxygen atoms in total. The molecule has 0 spiro atoms. The molecule has 1 unspecified atom stereocenters. The summed E-state index contributed by atoms with van der Waals surface area (Å²) in [6.07, 6.45) is -1.06. The molecular weight excluding hydrogens is 246 g/mol. The lowest BCUT2D eigenvalue weighted by molar-refractivity contribution is -0.121. The largest absolute Gasteiger partial charge is 0.430 e. The Balaban J connectivity index is 2.50. The molecule has 1 fully saturated rings. The molecular formula is C10H9NO5S. The Kier molecular flexibility index (Phi) is 2.62. The number of carbonyl (C=O) groups is 2. The Morgan fingerprint density at radius 2 is 1.88 bits per heavy atom. The van der Waals surface area contributed by atoms with Crippen molar-refractivity contribution in [1.29, 1.82) is 0 Å². The maximum absolute atomic E-state index is 11.9. The molecule has 0 N–H and O–H groups in total. The summed E-state index contributed by atoms with van der Waals surface area (Å²) in [7, 11) is -4.12. The monoisotopic (exact) mass is 255 g/mol. The van der Waals surface area contributed by atoms with E-state index < -0.39 is 27.3 Å². The molecule has 1 amide bonds. The van der Waals surface area contributed by atoms with Gasteiger partial charge in [0, 0.05) is 0 Å². The number of sulfonamides is 1. The van der Waals surface area contributed by atoms with E-state index in [4.69, 9.17) is 0 Å². The summed E-state index contributed by atoms with van der Waals surface area (Å²) >= 11 is 0. The molecule has 1 heterocycles. The van der Waals surface area contributed by atoms with Gasteiger partial charge in [0.15, 0.2) is 5.78 Å². The molecule has 0 bridgehead atoms. The molecule has 7 heteroatoms. The molecule has 0 aliphatic carbocycles. The highest BCUT2D eigenvalue weighted by Crippen LogP contribution is 2.28. The number of cyclic esters (lactones) is 1. The molecule has 1 aromatic rings. The normalized spacial score (nSPS) is 22.3. The minimum Gasteiger partial charge on any atom is -0.418 e. The lowest BCUT2D eigenvalue weighted by Crippen LogP contribution is -2.33. The smallest absolute Gasteiger partial charge is 0.418 e. The van der Waals surface area contributed by atoms with Gasteiger partial charge in [-0.05, 0) is 19.1 Å². The van der Waals surface area contributed by atoms with Crippen molar-refractivity contribution in [1.82, 2.24) is 0 Å². The second-order valence-corrected chi connectivity index (χ2v) is 5.29. The first-order chi connectivity index (χ1) is 7.94. The number of benzene rings is 1. The van der Waals surface area contributed by atoms with Crippen LogP contribution >= 0.6 is 0 Å². The van der Waals surface area contributed by atoms with E-state index in [0.29, 0.717) is 4.31 Å². The number of carbonyl (C=O) groups excluding carboxylic acids is 2. The summed E-state index contributed by atoms with van der Waals surface area (Å²) < 4.78 is 28.9. The zero-order valence-electron chi connectivity index (χ0n) is 8.86. The number of anilines is 1. The molecule has 0 radical (unpaired) electrons. The van der Waals surface area contributed by atoms with Crippen molar-refractivity contribution < 1.29 is 22.7 Å². The van der Waals surface area contributed by atoms with Crippen LogP contribution in [0.1, 0.15) is 6.92 Å². The zero-order valence-corrected chi connectivity index (χ0v) is 9.68. The first-order valence-corrected chi connectivity index (χ1v) is 6.25. The fraction of sp³-hybridized carbons (Fsp3) is 0.200. The van der Waals surface area contributed by atoms with Crippen LogP contribution in [0.2, 0.25) is 0 Å². The standard InChI is InChI=1S/C10H9NO5S/c1-7(12)9-16-10(13)11(17(9,14)15)8-5-3-2-4-6-8/h2-6,9H,1H3. The second kappa shape index (κ2) is 3.85. The third kappa shape index (κ3) is 1.78. The minimum atomic E-state index is -4.12. The highest BCUT2D eigenvalue weighted by molar-refractivity contribution is 7.95. The number of ether oxygens (including phenoxy) is 1. The molecule has 1 atom stereocenters. The number of para-hydroxylation sites is 1. The first-order valence-electron chi connectivity index (χ1n) is 4.75. The molecule has 90 valence electrons. The van der Waals surface area contributed by atoms with E-state index in [2.05, 4.69) is 4.74 Å². The van der Waals surface area contributed by atoms with Crippen LogP contribution in [0.5, 0.6) is 0 Å². The molecule has 1 aliphatic rings. The molecule has 1 aliphatic heterocycles.